The Morgan fingerprint density at radius 3 is 0.600 bits per heavy atom. The molecule has 0 rings (SSSR count). The van der Waals surface area contributed by atoms with Gasteiger partial charge >= 0.3 is 0 Å². The average molecular weight is 211 g/mol. The number of hydrogen-bond acceptors (Lipinski definition) is 2. The van der Waals surface area contributed by atoms with Crippen molar-refractivity contribution in [3.63, 3.8) is 0 Å². The van der Waals surface area contributed by atoms with Crippen molar-refractivity contribution < 1.29 is 45.2 Å². The molecule has 0 unspecified atom stereocenters. The molecular weight excluding hydrogens is 205 g/mol. The summed E-state index contributed by atoms with van der Waals surface area (Å²) in [5.74, 6) is 0. The molecule has 0 aliphatic heterocycles. The molecule has 0 aromatic heterocycles. The summed E-state index contributed by atoms with van der Waals surface area (Å²) in [6.45, 7) is 0. The Kier molecular flexibility index (Phi) is 1610. The minimum atomic E-state index is 0. The zero-order chi connectivity index (χ0) is 0. The van der Waals surface area contributed by atoms with Gasteiger partial charge in [-0.25, -0.2) is 0 Å². The van der Waals surface area contributed by atoms with E-state index < -0.39 is 0 Å². The predicted octanol–water partition coefficient (Wildman–Crippen LogP) is -5.67. The normalized spacial score (nSPS) is 0. The van der Waals surface area contributed by atoms with Gasteiger partial charge in [0.2, 0.25) is 0 Å². The molecule has 0 saturated heterocycles. The summed E-state index contributed by atoms with van der Waals surface area (Å²) in [6, 6.07) is 0. The van der Waals surface area contributed by atoms with Gasteiger partial charge in [0.1, 0.15) is 0 Å². The van der Waals surface area contributed by atoms with E-state index in [0.717, 1.165) is 0 Å². The van der Waals surface area contributed by atoms with E-state index in [4.69, 9.17) is 0 Å². The second kappa shape index (κ2) is 66.2. The summed E-state index contributed by atoms with van der Waals surface area (Å²) in [6.07, 6.45) is 0. The zero-order valence-corrected chi connectivity index (χ0v) is 5.55. The molecule has 0 radical (unpaired) electrons. The third kappa shape index (κ3) is 38.2. The molecule has 42 valence electrons. The van der Waals surface area contributed by atoms with Gasteiger partial charge in [-0.05, 0) is 0 Å². The molecule has 0 aliphatic rings. The summed E-state index contributed by atoms with van der Waals surface area (Å²) in [5, 5.41) is 0. The summed E-state index contributed by atoms with van der Waals surface area (Å²) >= 11 is 0. The zero-order valence-electron chi connectivity index (χ0n) is 2.49. The van der Waals surface area contributed by atoms with Crippen LogP contribution in [0.3, 0.4) is 0 Å². The maximum Gasteiger partial charge on any atom is 0 e. The second-order valence-corrected chi connectivity index (χ2v) is 0. The molecule has 0 saturated carbocycles. The summed E-state index contributed by atoms with van der Waals surface area (Å²) in [7, 11) is 0. The van der Waals surface area contributed by atoms with Crippen molar-refractivity contribution >= 4 is 0 Å². The first-order chi connectivity index (χ1) is 0. The molecule has 0 atom stereocenters. The SMILES string of the molecule is N.N.[Cl-].[Cl-].[Pd]. The molecule has 0 bridgehead atoms. The van der Waals surface area contributed by atoms with Crippen LogP contribution in [0.1, 0.15) is 0 Å². The first kappa shape index (κ1) is 122. The molecular formula is H6Cl2N2Pd-2. The van der Waals surface area contributed by atoms with Gasteiger partial charge in [0, 0.05) is 20.4 Å². The maximum atomic E-state index is 0. The smallest absolute Gasteiger partial charge is 0 e. The van der Waals surface area contributed by atoms with Crippen molar-refractivity contribution in [2.75, 3.05) is 0 Å². The van der Waals surface area contributed by atoms with Crippen molar-refractivity contribution in [2.24, 2.45) is 0 Å². The first-order valence-corrected chi connectivity index (χ1v) is 0. The van der Waals surface area contributed by atoms with Crippen LogP contribution < -0.4 is 37.1 Å². The van der Waals surface area contributed by atoms with Crippen LogP contribution in [0.15, 0.2) is 0 Å². The Morgan fingerprint density at radius 1 is 0.600 bits per heavy atom. The van der Waals surface area contributed by atoms with E-state index >= 15 is 0 Å². The largest absolute Gasteiger partial charge is 1.00 e. The summed E-state index contributed by atoms with van der Waals surface area (Å²) in [4.78, 5) is 0. The molecule has 2 nitrogen and oxygen atoms in total. The van der Waals surface area contributed by atoms with Crippen LogP contribution in [-0.2, 0) is 20.4 Å². The van der Waals surface area contributed by atoms with E-state index in [1.54, 1.807) is 0 Å². The summed E-state index contributed by atoms with van der Waals surface area (Å²) < 4.78 is 0. The fourth-order valence-corrected chi connectivity index (χ4v) is 0. The minimum absolute atomic E-state index is 0. The Bertz CT molecular complexity index is 7.61. The van der Waals surface area contributed by atoms with Gasteiger partial charge in [-0.1, -0.05) is 0 Å². The minimum Gasteiger partial charge on any atom is -1.00 e. The third-order valence-corrected chi connectivity index (χ3v) is 0. The standard InChI is InChI=1S/2ClH.2H3N.Pd/h2*1H;2*1H3;/p-2. The topological polar surface area (TPSA) is 70.0 Å². The van der Waals surface area contributed by atoms with Crippen molar-refractivity contribution in [3.05, 3.63) is 0 Å². The van der Waals surface area contributed by atoms with Gasteiger partial charge in [0.05, 0.1) is 0 Å². The molecule has 0 aliphatic carbocycles. The monoisotopic (exact) mass is 210 g/mol. The molecule has 5 heteroatoms. The molecule has 0 aromatic carbocycles. The average Bonchev–Trinajstić information content (AvgIpc) is 0. The molecule has 6 N–H and O–H groups in total. The van der Waals surface area contributed by atoms with Gasteiger partial charge in [-0.3, -0.25) is 0 Å². The van der Waals surface area contributed by atoms with E-state index in [1.165, 1.54) is 0 Å². The van der Waals surface area contributed by atoms with Gasteiger partial charge < -0.3 is 37.1 Å². The van der Waals surface area contributed by atoms with Crippen molar-refractivity contribution in [3.8, 4) is 0 Å². The quantitative estimate of drug-likeness (QED) is 0.392. The Morgan fingerprint density at radius 2 is 0.600 bits per heavy atom. The molecule has 0 fully saturated rings. The van der Waals surface area contributed by atoms with Crippen LogP contribution in [0, 0.1) is 0 Å². The maximum absolute atomic E-state index is 0. The molecule has 0 spiro atoms. The van der Waals surface area contributed by atoms with Crippen LogP contribution in [0.4, 0.5) is 0 Å². The Hall–Kier alpha value is 1.16. The third-order valence-electron chi connectivity index (χ3n) is 0. The van der Waals surface area contributed by atoms with E-state index in [1.807, 2.05) is 0 Å². The fourth-order valence-electron chi connectivity index (χ4n) is 0. The van der Waals surface area contributed by atoms with Crippen LogP contribution in [0.5, 0.6) is 0 Å². The van der Waals surface area contributed by atoms with E-state index in [0.29, 0.717) is 0 Å². The van der Waals surface area contributed by atoms with Crippen molar-refractivity contribution in [1.82, 2.24) is 12.3 Å². The van der Waals surface area contributed by atoms with Gasteiger partial charge in [-0.2, -0.15) is 0 Å². The molecule has 0 heterocycles. The van der Waals surface area contributed by atoms with Crippen LogP contribution >= 0.6 is 0 Å². The first-order valence-electron chi connectivity index (χ1n) is 0. The fraction of sp³-hybridized carbons (Fsp3) is 0. The molecule has 0 amide bonds. The Labute approximate surface area is 57.7 Å². The van der Waals surface area contributed by atoms with Gasteiger partial charge in [-0.15, -0.1) is 0 Å². The van der Waals surface area contributed by atoms with E-state index in [9.17, 15) is 0 Å². The van der Waals surface area contributed by atoms with Gasteiger partial charge in [0.15, 0.2) is 0 Å². The molecule has 5 heavy (non-hydrogen) atoms. The Balaban J connectivity index is 0. The second-order valence-electron chi connectivity index (χ2n) is 0. The van der Waals surface area contributed by atoms with Gasteiger partial charge in [0.25, 0.3) is 0 Å². The van der Waals surface area contributed by atoms with Crippen LogP contribution in [0.2, 0.25) is 0 Å². The van der Waals surface area contributed by atoms with Crippen molar-refractivity contribution in [1.29, 1.82) is 0 Å². The molecule has 0 aromatic rings. The number of hydrogen-bond donors (Lipinski definition) is 2. The summed E-state index contributed by atoms with van der Waals surface area (Å²) in [5.41, 5.74) is 0. The number of halogens is 2. The van der Waals surface area contributed by atoms with Crippen molar-refractivity contribution in [2.45, 2.75) is 0 Å². The van der Waals surface area contributed by atoms with E-state index in [-0.39, 0.29) is 57.5 Å². The number of rotatable bonds is 0. The van der Waals surface area contributed by atoms with Crippen LogP contribution in [0.25, 0.3) is 0 Å². The predicted molar refractivity (Wildman–Crippen MR) is 10.0 cm³/mol. The van der Waals surface area contributed by atoms with Crippen LogP contribution in [-0.4, -0.2) is 0 Å². The van der Waals surface area contributed by atoms with E-state index in [2.05, 4.69) is 0 Å².